The van der Waals surface area contributed by atoms with Gasteiger partial charge in [0.25, 0.3) is 0 Å². The Morgan fingerprint density at radius 1 is 1.31 bits per heavy atom. The van der Waals surface area contributed by atoms with Gasteiger partial charge in [0.2, 0.25) is 0 Å². The summed E-state index contributed by atoms with van der Waals surface area (Å²) in [5.41, 5.74) is 1.86. The number of rotatable bonds is 1. The van der Waals surface area contributed by atoms with Gasteiger partial charge in [-0.2, -0.15) is 0 Å². The van der Waals surface area contributed by atoms with Crippen LogP contribution in [0.2, 0.25) is 0 Å². The first-order valence-corrected chi connectivity index (χ1v) is 5.10. The molecule has 1 rings (SSSR count). The lowest BCUT2D eigenvalue weighted by atomic mass is 10.1. The monoisotopic (exact) mass is 232 g/mol. The summed E-state index contributed by atoms with van der Waals surface area (Å²) in [7, 11) is 0. The summed E-state index contributed by atoms with van der Waals surface area (Å²) in [6.07, 6.45) is 6.13. The van der Waals surface area contributed by atoms with Gasteiger partial charge in [0.05, 0.1) is 0 Å². The first kappa shape index (κ1) is 9.90. The van der Waals surface area contributed by atoms with Gasteiger partial charge in [-0.15, -0.1) is 6.42 Å². The normalized spacial score (nSPS) is 8.31. The topological polar surface area (TPSA) is 0 Å². The number of hydrogen-bond donors (Lipinski definition) is 0. The van der Waals surface area contributed by atoms with Gasteiger partial charge in [0.15, 0.2) is 0 Å². The third-order valence-corrected chi connectivity index (χ3v) is 1.88. The van der Waals surface area contributed by atoms with Crippen LogP contribution in [0.5, 0.6) is 0 Å². The first-order chi connectivity index (χ1) is 6.36. The summed E-state index contributed by atoms with van der Waals surface area (Å²) in [6.45, 7) is 0. The Labute approximate surface area is 87.5 Å². The van der Waals surface area contributed by atoms with Crippen LogP contribution in [-0.4, -0.2) is 5.33 Å². The molecule has 0 unspecified atom stereocenters. The molecule has 1 heteroatoms. The lowest BCUT2D eigenvalue weighted by molar-refractivity contribution is 1.32. The van der Waals surface area contributed by atoms with Gasteiger partial charge in [0, 0.05) is 22.9 Å². The molecule has 0 N–H and O–H groups in total. The molecule has 0 radical (unpaired) electrons. The molecule has 1 aromatic rings. The SMILES string of the molecule is C#Cc1cccc(C#CCCBr)c1. The predicted octanol–water partition coefficient (Wildman–Crippen LogP) is 2.80. The Morgan fingerprint density at radius 3 is 2.77 bits per heavy atom. The average Bonchev–Trinajstić information content (AvgIpc) is 2.19. The van der Waals surface area contributed by atoms with Crippen molar-refractivity contribution in [1.82, 2.24) is 0 Å². The quantitative estimate of drug-likeness (QED) is 0.516. The fourth-order valence-electron chi connectivity index (χ4n) is 0.899. The van der Waals surface area contributed by atoms with Crippen molar-refractivity contribution in [2.24, 2.45) is 0 Å². The van der Waals surface area contributed by atoms with Gasteiger partial charge in [-0.25, -0.2) is 0 Å². The van der Waals surface area contributed by atoms with Crippen molar-refractivity contribution >= 4 is 15.9 Å². The third-order valence-electron chi connectivity index (χ3n) is 1.48. The van der Waals surface area contributed by atoms with E-state index in [1.54, 1.807) is 0 Å². The van der Waals surface area contributed by atoms with Gasteiger partial charge >= 0.3 is 0 Å². The molecule has 0 aliphatic rings. The maximum absolute atomic E-state index is 5.27. The van der Waals surface area contributed by atoms with Crippen molar-refractivity contribution in [3.05, 3.63) is 35.4 Å². The molecule has 0 bridgehead atoms. The summed E-state index contributed by atoms with van der Waals surface area (Å²) >= 11 is 3.32. The van der Waals surface area contributed by atoms with E-state index in [4.69, 9.17) is 6.42 Å². The van der Waals surface area contributed by atoms with E-state index in [0.717, 1.165) is 22.9 Å². The van der Waals surface area contributed by atoms with Gasteiger partial charge in [-0.3, -0.25) is 0 Å². The predicted molar refractivity (Wildman–Crippen MR) is 59.7 cm³/mol. The molecular weight excluding hydrogens is 224 g/mol. The van der Waals surface area contributed by atoms with Crippen molar-refractivity contribution in [1.29, 1.82) is 0 Å². The zero-order valence-electron chi connectivity index (χ0n) is 7.18. The standard InChI is InChI=1S/C12H9Br/c1-2-11-7-5-8-12(10-11)6-3-4-9-13/h1,5,7-8,10H,4,9H2. The Hall–Kier alpha value is -1.18. The molecule has 0 heterocycles. The van der Waals surface area contributed by atoms with Crippen molar-refractivity contribution in [3.63, 3.8) is 0 Å². The van der Waals surface area contributed by atoms with Crippen LogP contribution >= 0.6 is 15.9 Å². The zero-order valence-corrected chi connectivity index (χ0v) is 8.76. The van der Waals surface area contributed by atoms with Gasteiger partial charge in [0.1, 0.15) is 0 Å². The maximum Gasteiger partial charge on any atom is 0.0257 e. The van der Waals surface area contributed by atoms with Crippen molar-refractivity contribution in [2.45, 2.75) is 6.42 Å². The van der Waals surface area contributed by atoms with Crippen LogP contribution in [0.3, 0.4) is 0 Å². The van der Waals surface area contributed by atoms with E-state index >= 15 is 0 Å². The molecule has 64 valence electrons. The fraction of sp³-hybridized carbons (Fsp3) is 0.167. The average molecular weight is 233 g/mol. The number of terminal acetylenes is 1. The van der Waals surface area contributed by atoms with Crippen molar-refractivity contribution in [2.75, 3.05) is 5.33 Å². The van der Waals surface area contributed by atoms with E-state index in [9.17, 15) is 0 Å². The number of alkyl halides is 1. The van der Waals surface area contributed by atoms with Gasteiger partial charge < -0.3 is 0 Å². The molecule has 0 amide bonds. The first-order valence-electron chi connectivity index (χ1n) is 3.98. The Kier molecular flexibility index (Phi) is 4.16. The second-order valence-electron chi connectivity index (χ2n) is 2.47. The molecule has 0 spiro atoms. The highest BCUT2D eigenvalue weighted by Gasteiger charge is 1.87. The number of halogens is 1. The Morgan fingerprint density at radius 2 is 2.08 bits per heavy atom. The molecule has 0 aromatic heterocycles. The second-order valence-corrected chi connectivity index (χ2v) is 3.26. The molecule has 0 nitrogen and oxygen atoms in total. The minimum absolute atomic E-state index is 0.861. The van der Waals surface area contributed by atoms with Crippen LogP contribution in [0.1, 0.15) is 17.5 Å². The van der Waals surface area contributed by atoms with Crippen LogP contribution in [-0.2, 0) is 0 Å². The summed E-state index contributed by atoms with van der Waals surface area (Å²) in [5, 5.41) is 0.912. The molecule has 0 atom stereocenters. The van der Waals surface area contributed by atoms with E-state index in [0.29, 0.717) is 0 Å². The molecule has 0 fully saturated rings. The van der Waals surface area contributed by atoms with E-state index in [1.165, 1.54) is 0 Å². The maximum atomic E-state index is 5.27. The highest BCUT2D eigenvalue weighted by Crippen LogP contribution is 2.02. The van der Waals surface area contributed by atoms with E-state index in [-0.39, 0.29) is 0 Å². The molecule has 13 heavy (non-hydrogen) atoms. The van der Waals surface area contributed by atoms with E-state index in [1.807, 2.05) is 24.3 Å². The van der Waals surface area contributed by atoms with Crippen LogP contribution in [0.15, 0.2) is 24.3 Å². The molecule has 1 aromatic carbocycles. The lowest BCUT2D eigenvalue weighted by Crippen LogP contribution is -1.77. The number of benzene rings is 1. The minimum atomic E-state index is 0.861. The second kappa shape index (κ2) is 5.46. The van der Waals surface area contributed by atoms with Crippen LogP contribution in [0, 0.1) is 24.2 Å². The van der Waals surface area contributed by atoms with Gasteiger partial charge in [-0.1, -0.05) is 39.8 Å². The summed E-state index contributed by atoms with van der Waals surface area (Å²) < 4.78 is 0. The smallest absolute Gasteiger partial charge is 0.0257 e. The molecule has 0 aliphatic carbocycles. The molecule has 0 saturated heterocycles. The van der Waals surface area contributed by atoms with Crippen LogP contribution in [0.25, 0.3) is 0 Å². The largest absolute Gasteiger partial charge is 0.115 e. The fourth-order valence-corrected chi connectivity index (χ4v) is 1.10. The Bertz CT molecular complexity index is 374. The van der Waals surface area contributed by atoms with E-state index in [2.05, 4.69) is 33.7 Å². The lowest BCUT2D eigenvalue weighted by Gasteiger charge is -1.91. The van der Waals surface area contributed by atoms with Crippen LogP contribution < -0.4 is 0 Å². The minimum Gasteiger partial charge on any atom is -0.115 e. The summed E-state index contributed by atoms with van der Waals surface area (Å²) in [4.78, 5) is 0. The molecule has 0 aliphatic heterocycles. The van der Waals surface area contributed by atoms with E-state index < -0.39 is 0 Å². The molecule has 0 saturated carbocycles. The highest BCUT2D eigenvalue weighted by atomic mass is 79.9. The third kappa shape index (κ3) is 3.36. The van der Waals surface area contributed by atoms with Gasteiger partial charge in [-0.05, 0) is 18.2 Å². The molecular formula is C12H9Br. The summed E-state index contributed by atoms with van der Waals surface area (Å²) in [5.74, 6) is 8.66. The summed E-state index contributed by atoms with van der Waals surface area (Å²) in [6, 6.07) is 7.70. The number of hydrogen-bond acceptors (Lipinski definition) is 0. The Balaban J connectivity index is 2.81. The zero-order chi connectivity index (χ0) is 9.52. The van der Waals surface area contributed by atoms with Crippen molar-refractivity contribution < 1.29 is 0 Å². The van der Waals surface area contributed by atoms with Crippen molar-refractivity contribution in [3.8, 4) is 24.2 Å². The van der Waals surface area contributed by atoms with Crippen LogP contribution in [0.4, 0.5) is 0 Å². The highest BCUT2D eigenvalue weighted by molar-refractivity contribution is 9.09.